The van der Waals surface area contributed by atoms with Crippen LogP contribution in [-0.2, 0) is 20.9 Å². The maximum absolute atomic E-state index is 11.9. The molecule has 0 aliphatic rings. The van der Waals surface area contributed by atoms with Gasteiger partial charge in [0.25, 0.3) is 0 Å². The normalized spacial score (nSPS) is 10.3. The van der Waals surface area contributed by atoms with Gasteiger partial charge in [-0.15, -0.1) is 0 Å². The first-order valence-corrected chi connectivity index (χ1v) is 8.16. The van der Waals surface area contributed by atoms with E-state index in [1.54, 1.807) is 36.4 Å². The van der Waals surface area contributed by atoms with Gasteiger partial charge < -0.3 is 10.1 Å². The number of carbonyl (C=O) groups is 2. The van der Waals surface area contributed by atoms with Crippen molar-refractivity contribution in [2.24, 2.45) is 0 Å². The summed E-state index contributed by atoms with van der Waals surface area (Å²) < 4.78 is 5.13. The van der Waals surface area contributed by atoms with Crippen molar-refractivity contribution in [3.63, 3.8) is 0 Å². The first-order chi connectivity index (χ1) is 11.4. The zero-order chi connectivity index (χ0) is 17.5. The second kappa shape index (κ2) is 8.71. The summed E-state index contributed by atoms with van der Waals surface area (Å²) in [6, 6.07) is 12.3. The molecule has 2 aromatic carbocycles. The fourth-order valence-corrected chi connectivity index (χ4v) is 2.27. The molecule has 0 aliphatic carbocycles. The molecule has 2 rings (SSSR count). The zero-order valence-electron chi connectivity index (χ0n) is 13.1. The van der Waals surface area contributed by atoms with E-state index in [4.69, 9.17) is 27.9 Å². The summed E-state index contributed by atoms with van der Waals surface area (Å²) >= 11 is 11.7. The highest BCUT2D eigenvalue weighted by Gasteiger charge is 2.10. The van der Waals surface area contributed by atoms with Crippen LogP contribution in [0.15, 0.2) is 42.5 Å². The molecule has 0 unspecified atom stereocenters. The Kier molecular flexibility index (Phi) is 6.64. The van der Waals surface area contributed by atoms with Gasteiger partial charge in [0.15, 0.2) is 0 Å². The van der Waals surface area contributed by atoms with Gasteiger partial charge in [-0.25, -0.2) is 0 Å². The van der Waals surface area contributed by atoms with Crippen LogP contribution in [0.3, 0.4) is 0 Å². The minimum atomic E-state index is -0.428. The highest BCUT2D eigenvalue weighted by atomic mass is 35.5. The van der Waals surface area contributed by atoms with Gasteiger partial charge in [0.2, 0.25) is 5.91 Å². The van der Waals surface area contributed by atoms with Crippen molar-refractivity contribution in [3.05, 3.63) is 63.6 Å². The molecule has 0 radical (unpaired) electrons. The van der Waals surface area contributed by atoms with Crippen LogP contribution >= 0.6 is 23.2 Å². The van der Waals surface area contributed by atoms with E-state index < -0.39 is 5.97 Å². The lowest BCUT2D eigenvalue weighted by atomic mass is 10.2. The lowest BCUT2D eigenvalue weighted by molar-refractivity contribution is -0.145. The van der Waals surface area contributed by atoms with Crippen molar-refractivity contribution in [2.75, 3.05) is 5.32 Å². The zero-order valence-corrected chi connectivity index (χ0v) is 14.7. The molecule has 0 saturated heterocycles. The Morgan fingerprint density at radius 3 is 2.38 bits per heavy atom. The molecule has 126 valence electrons. The van der Waals surface area contributed by atoms with Gasteiger partial charge in [-0.05, 0) is 42.3 Å². The summed E-state index contributed by atoms with van der Waals surface area (Å²) in [5.74, 6) is -0.688. The van der Waals surface area contributed by atoms with Gasteiger partial charge in [0, 0.05) is 22.2 Å². The number of hydrogen-bond acceptors (Lipinski definition) is 3. The molecule has 4 nitrogen and oxygen atoms in total. The van der Waals surface area contributed by atoms with E-state index in [0.29, 0.717) is 15.7 Å². The van der Waals surface area contributed by atoms with Crippen molar-refractivity contribution in [1.82, 2.24) is 0 Å². The molecule has 1 amide bonds. The van der Waals surface area contributed by atoms with Crippen LogP contribution in [0.25, 0.3) is 0 Å². The highest BCUT2D eigenvalue weighted by Crippen LogP contribution is 2.20. The molecule has 0 aromatic heterocycles. The molecule has 0 atom stereocenters. The van der Waals surface area contributed by atoms with Crippen LogP contribution in [0.5, 0.6) is 0 Å². The lowest BCUT2D eigenvalue weighted by Gasteiger charge is -2.09. The standard InChI is InChI=1S/C18H17Cl2NO3/c1-12-2-5-15(20)10-16(12)21-17(22)8-9-18(23)24-11-13-3-6-14(19)7-4-13/h2-7,10H,8-9,11H2,1H3,(H,21,22). The Balaban J connectivity index is 1.75. The average molecular weight is 366 g/mol. The van der Waals surface area contributed by atoms with E-state index in [1.807, 2.05) is 13.0 Å². The third-order valence-electron chi connectivity index (χ3n) is 3.34. The van der Waals surface area contributed by atoms with Gasteiger partial charge in [-0.2, -0.15) is 0 Å². The Morgan fingerprint density at radius 1 is 1.00 bits per heavy atom. The number of hydrogen-bond donors (Lipinski definition) is 1. The molecule has 0 fully saturated rings. The first kappa shape index (κ1) is 18.3. The Morgan fingerprint density at radius 2 is 1.67 bits per heavy atom. The fourth-order valence-electron chi connectivity index (χ4n) is 1.97. The lowest BCUT2D eigenvalue weighted by Crippen LogP contribution is -2.15. The summed E-state index contributed by atoms with van der Waals surface area (Å²) in [5, 5.41) is 3.90. The van der Waals surface area contributed by atoms with E-state index in [2.05, 4.69) is 5.32 Å². The fraction of sp³-hybridized carbons (Fsp3) is 0.222. The van der Waals surface area contributed by atoms with E-state index in [9.17, 15) is 9.59 Å². The van der Waals surface area contributed by atoms with Gasteiger partial charge in [0.05, 0.1) is 6.42 Å². The summed E-state index contributed by atoms with van der Waals surface area (Å²) in [4.78, 5) is 23.6. The minimum Gasteiger partial charge on any atom is -0.461 e. The maximum Gasteiger partial charge on any atom is 0.306 e. The molecule has 1 N–H and O–H groups in total. The Bertz CT molecular complexity index is 730. The van der Waals surface area contributed by atoms with E-state index >= 15 is 0 Å². The number of nitrogens with one attached hydrogen (secondary N) is 1. The van der Waals surface area contributed by atoms with Crippen LogP contribution in [0.2, 0.25) is 10.0 Å². The van der Waals surface area contributed by atoms with Gasteiger partial charge in [0.1, 0.15) is 6.61 Å². The van der Waals surface area contributed by atoms with Gasteiger partial charge >= 0.3 is 5.97 Å². The molecular weight excluding hydrogens is 349 g/mol. The van der Waals surface area contributed by atoms with Crippen molar-refractivity contribution >= 4 is 40.8 Å². The Labute approximate surface area is 150 Å². The number of amides is 1. The van der Waals surface area contributed by atoms with E-state index in [-0.39, 0.29) is 25.4 Å². The number of esters is 1. The van der Waals surface area contributed by atoms with Crippen molar-refractivity contribution < 1.29 is 14.3 Å². The molecule has 0 heterocycles. The monoisotopic (exact) mass is 365 g/mol. The predicted molar refractivity (Wildman–Crippen MR) is 95.3 cm³/mol. The number of ether oxygens (including phenoxy) is 1. The van der Waals surface area contributed by atoms with Crippen LogP contribution in [0.1, 0.15) is 24.0 Å². The second-order valence-electron chi connectivity index (χ2n) is 5.29. The SMILES string of the molecule is Cc1ccc(Cl)cc1NC(=O)CCC(=O)OCc1ccc(Cl)cc1. The number of aryl methyl sites for hydroxylation is 1. The van der Waals surface area contributed by atoms with Crippen molar-refractivity contribution in [1.29, 1.82) is 0 Å². The van der Waals surface area contributed by atoms with E-state index in [1.165, 1.54) is 0 Å². The summed E-state index contributed by atoms with van der Waals surface area (Å²) in [7, 11) is 0. The van der Waals surface area contributed by atoms with Crippen LogP contribution in [0, 0.1) is 6.92 Å². The van der Waals surface area contributed by atoms with Crippen LogP contribution in [-0.4, -0.2) is 11.9 Å². The second-order valence-corrected chi connectivity index (χ2v) is 6.17. The predicted octanol–water partition coefficient (Wildman–Crippen LogP) is 4.76. The molecule has 6 heteroatoms. The van der Waals surface area contributed by atoms with Crippen molar-refractivity contribution in [3.8, 4) is 0 Å². The Hall–Kier alpha value is -2.04. The smallest absolute Gasteiger partial charge is 0.306 e. The number of carbonyl (C=O) groups excluding carboxylic acids is 2. The van der Waals surface area contributed by atoms with Crippen LogP contribution in [0.4, 0.5) is 5.69 Å². The van der Waals surface area contributed by atoms with Crippen molar-refractivity contribution in [2.45, 2.75) is 26.4 Å². The molecule has 24 heavy (non-hydrogen) atoms. The van der Waals surface area contributed by atoms with Gasteiger partial charge in [-0.1, -0.05) is 41.4 Å². The number of halogens is 2. The average Bonchev–Trinajstić information content (AvgIpc) is 2.56. The summed E-state index contributed by atoms with van der Waals surface area (Å²) in [6.07, 6.45) is 0.0600. The third kappa shape index (κ3) is 5.87. The number of benzene rings is 2. The molecule has 0 saturated carbocycles. The van der Waals surface area contributed by atoms with Gasteiger partial charge in [-0.3, -0.25) is 9.59 Å². The maximum atomic E-state index is 11.9. The molecular formula is C18H17Cl2NO3. The third-order valence-corrected chi connectivity index (χ3v) is 3.83. The largest absolute Gasteiger partial charge is 0.461 e. The van der Waals surface area contributed by atoms with E-state index in [0.717, 1.165) is 11.1 Å². The topological polar surface area (TPSA) is 55.4 Å². The number of rotatable bonds is 6. The van der Waals surface area contributed by atoms with Crippen LogP contribution < -0.4 is 5.32 Å². The first-order valence-electron chi connectivity index (χ1n) is 7.40. The minimum absolute atomic E-state index is 0.0129. The quantitative estimate of drug-likeness (QED) is 0.750. The molecule has 0 bridgehead atoms. The number of anilines is 1. The molecule has 2 aromatic rings. The molecule has 0 aliphatic heterocycles. The highest BCUT2D eigenvalue weighted by molar-refractivity contribution is 6.31. The molecule has 0 spiro atoms. The summed E-state index contributed by atoms with van der Waals surface area (Å²) in [5.41, 5.74) is 2.38. The summed E-state index contributed by atoms with van der Waals surface area (Å²) in [6.45, 7) is 2.03.